The number of fused-ring (bicyclic) bond motifs is 5. The van der Waals surface area contributed by atoms with Crippen molar-refractivity contribution in [1.29, 1.82) is 0 Å². The van der Waals surface area contributed by atoms with E-state index in [4.69, 9.17) is 4.74 Å². The molecule has 0 fully saturated rings. The Labute approximate surface area is 154 Å². The smallest absolute Gasteiger partial charge is 0.422 e. The molecule has 0 radical (unpaired) electrons. The molecule has 138 valence electrons. The molecule has 0 aliphatic rings. The third-order valence-electron chi connectivity index (χ3n) is 4.47. The van der Waals surface area contributed by atoms with Crippen LogP contribution in [-0.2, 0) is 4.74 Å². The summed E-state index contributed by atoms with van der Waals surface area (Å²) in [5.41, 5.74) is 1.45. The second-order valence-electron chi connectivity index (χ2n) is 7.60. The molecule has 0 aliphatic heterocycles. The number of halogens is 1. The monoisotopic (exact) mass is 366 g/mol. The zero-order valence-corrected chi connectivity index (χ0v) is 15.5. The molecule has 0 aliphatic carbocycles. The number of hydrogen-bond donors (Lipinski definition) is 0. The van der Waals surface area contributed by atoms with Gasteiger partial charge in [-0.05, 0) is 57.5 Å². The molecule has 0 N–H and O–H groups in total. The van der Waals surface area contributed by atoms with Gasteiger partial charge >= 0.3 is 6.09 Å². The molecule has 0 atom stereocenters. The molecule has 6 heteroatoms. The predicted octanol–water partition coefficient (Wildman–Crippen LogP) is 4.64. The summed E-state index contributed by atoms with van der Waals surface area (Å²) in [6, 6.07) is 11.6. The summed E-state index contributed by atoms with van der Waals surface area (Å²) in [5, 5.41) is 0.334. The van der Waals surface area contributed by atoms with Crippen LogP contribution in [0, 0.1) is 12.7 Å². The van der Waals surface area contributed by atoms with Gasteiger partial charge in [0.15, 0.2) is 0 Å². The molecule has 0 amide bonds. The van der Waals surface area contributed by atoms with Crippen molar-refractivity contribution in [2.75, 3.05) is 0 Å². The van der Waals surface area contributed by atoms with Crippen molar-refractivity contribution < 1.29 is 13.9 Å². The van der Waals surface area contributed by atoms with E-state index in [9.17, 15) is 14.0 Å². The molecule has 2 heterocycles. The van der Waals surface area contributed by atoms with Crippen LogP contribution < -0.4 is 5.56 Å². The second kappa shape index (κ2) is 5.67. The number of ether oxygens (including phenoxy) is 1. The Morgan fingerprint density at radius 2 is 1.70 bits per heavy atom. The number of carbonyl (C=O) groups is 1. The summed E-state index contributed by atoms with van der Waals surface area (Å²) >= 11 is 0. The number of nitrogens with zero attached hydrogens (tertiary/aromatic N) is 2. The van der Waals surface area contributed by atoms with Crippen LogP contribution in [0.15, 0.2) is 47.3 Å². The van der Waals surface area contributed by atoms with Crippen LogP contribution in [0.5, 0.6) is 0 Å². The lowest BCUT2D eigenvalue weighted by molar-refractivity contribution is 0.0539. The standard InChI is InChI=1S/C21H19FN2O3/c1-12-7-5-10-16-18(12)23-15-9-6-8-14(22)13(15)11-17(23)19(25)24(16)20(26)27-21(2,3)4/h5-11H,1-4H3. The van der Waals surface area contributed by atoms with Crippen LogP contribution in [0.1, 0.15) is 26.3 Å². The Kier molecular flexibility index (Phi) is 3.63. The Morgan fingerprint density at radius 3 is 2.41 bits per heavy atom. The molecule has 4 rings (SSSR count). The van der Waals surface area contributed by atoms with Gasteiger partial charge in [0.1, 0.15) is 16.9 Å². The van der Waals surface area contributed by atoms with Crippen LogP contribution in [0.2, 0.25) is 0 Å². The van der Waals surface area contributed by atoms with Gasteiger partial charge in [-0.25, -0.2) is 13.8 Å². The van der Waals surface area contributed by atoms with Gasteiger partial charge in [-0.3, -0.25) is 4.79 Å². The fourth-order valence-electron chi connectivity index (χ4n) is 3.42. The van der Waals surface area contributed by atoms with E-state index in [1.807, 2.05) is 13.0 Å². The Bertz CT molecular complexity index is 1290. The Balaban J connectivity index is 2.23. The Hall–Kier alpha value is -3.15. The quantitative estimate of drug-likeness (QED) is 0.456. The molecule has 2 aromatic heterocycles. The van der Waals surface area contributed by atoms with Crippen molar-refractivity contribution in [3.05, 3.63) is 64.2 Å². The lowest BCUT2D eigenvalue weighted by Gasteiger charge is -2.21. The van der Waals surface area contributed by atoms with Crippen LogP contribution in [-0.4, -0.2) is 20.7 Å². The predicted molar refractivity (Wildman–Crippen MR) is 103 cm³/mol. The van der Waals surface area contributed by atoms with Crippen LogP contribution >= 0.6 is 0 Å². The summed E-state index contributed by atoms with van der Waals surface area (Å²) in [7, 11) is 0. The number of aryl methyl sites for hydroxylation is 1. The summed E-state index contributed by atoms with van der Waals surface area (Å²) in [5.74, 6) is -0.416. The highest BCUT2D eigenvalue weighted by Gasteiger charge is 2.24. The number of hydrogen-bond acceptors (Lipinski definition) is 3. The maximum Gasteiger partial charge on any atom is 0.422 e. The minimum absolute atomic E-state index is 0.225. The number of carbonyl (C=O) groups excluding carboxylic acids is 1. The number of rotatable bonds is 0. The molecule has 0 saturated heterocycles. The van der Waals surface area contributed by atoms with E-state index in [1.165, 1.54) is 12.1 Å². The maximum absolute atomic E-state index is 14.3. The first-order valence-corrected chi connectivity index (χ1v) is 8.66. The van der Waals surface area contributed by atoms with Gasteiger partial charge in [-0.2, -0.15) is 0 Å². The highest BCUT2D eigenvalue weighted by molar-refractivity contribution is 5.97. The number of benzene rings is 2. The van der Waals surface area contributed by atoms with Gasteiger partial charge in [0.2, 0.25) is 0 Å². The van der Waals surface area contributed by atoms with E-state index in [-0.39, 0.29) is 5.52 Å². The molecule has 0 saturated carbocycles. The fraction of sp³-hybridized carbons (Fsp3) is 0.238. The van der Waals surface area contributed by atoms with Crippen LogP contribution in [0.4, 0.5) is 9.18 Å². The second-order valence-corrected chi connectivity index (χ2v) is 7.60. The molecule has 4 aromatic rings. The van der Waals surface area contributed by atoms with E-state index in [1.54, 1.807) is 49.4 Å². The average Bonchev–Trinajstić information content (AvgIpc) is 2.95. The van der Waals surface area contributed by atoms with Gasteiger partial charge in [-0.15, -0.1) is 0 Å². The topological polar surface area (TPSA) is 52.7 Å². The normalized spacial score (nSPS) is 12.2. The SMILES string of the molecule is Cc1cccc2c1n1c(cc3c(F)cccc31)c(=O)n2C(=O)OC(C)(C)C. The van der Waals surface area contributed by atoms with Gasteiger partial charge in [0, 0.05) is 5.39 Å². The minimum atomic E-state index is -0.753. The average molecular weight is 366 g/mol. The van der Waals surface area contributed by atoms with E-state index in [0.29, 0.717) is 21.9 Å². The first-order valence-electron chi connectivity index (χ1n) is 8.66. The zero-order valence-electron chi connectivity index (χ0n) is 15.5. The van der Waals surface area contributed by atoms with Gasteiger partial charge in [0.25, 0.3) is 5.56 Å². The lowest BCUT2D eigenvalue weighted by atomic mass is 10.2. The summed E-state index contributed by atoms with van der Waals surface area (Å²) in [6.07, 6.45) is -0.753. The van der Waals surface area contributed by atoms with Crippen molar-refractivity contribution in [2.45, 2.75) is 33.3 Å². The van der Waals surface area contributed by atoms with Crippen LogP contribution in [0.25, 0.3) is 27.5 Å². The molecule has 5 nitrogen and oxygen atoms in total. The molecule has 0 unspecified atom stereocenters. The van der Waals surface area contributed by atoms with Gasteiger partial charge in [-0.1, -0.05) is 18.2 Å². The molecule has 0 spiro atoms. The number of aromatic nitrogens is 2. The summed E-state index contributed by atoms with van der Waals surface area (Å²) in [4.78, 5) is 26.0. The summed E-state index contributed by atoms with van der Waals surface area (Å²) in [6.45, 7) is 7.10. The number of para-hydroxylation sites is 1. The summed E-state index contributed by atoms with van der Waals surface area (Å²) < 4.78 is 22.5. The van der Waals surface area contributed by atoms with Crippen molar-refractivity contribution in [1.82, 2.24) is 8.97 Å². The van der Waals surface area contributed by atoms with Crippen molar-refractivity contribution in [2.24, 2.45) is 0 Å². The third kappa shape index (κ3) is 2.60. The highest BCUT2D eigenvalue weighted by atomic mass is 19.1. The Morgan fingerprint density at radius 1 is 1.04 bits per heavy atom. The first kappa shape index (κ1) is 17.3. The molecule has 2 aromatic carbocycles. The van der Waals surface area contributed by atoms with Crippen molar-refractivity contribution >= 4 is 33.5 Å². The lowest BCUT2D eigenvalue weighted by Crippen LogP contribution is -2.34. The van der Waals surface area contributed by atoms with Gasteiger partial charge in [0.05, 0.1) is 16.6 Å². The molecule has 27 heavy (non-hydrogen) atoms. The first-order chi connectivity index (χ1) is 12.7. The molecular formula is C21H19FN2O3. The maximum atomic E-state index is 14.3. The van der Waals surface area contributed by atoms with E-state index < -0.39 is 23.1 Å². The molecular weight excluding hydrogens is 347 g/mol. The van der Waals surface area contributed by atoms with E-state index in [2.05, 4.69) is 0 Å². The van der Waals surface area contributed by atoms with E-state index >= 15 is 0 Å². The third-order valence-corrected chi connectivity index (χ3v) is 4.47. The van der Waals surface area contributed by atoms with Crippen LogP contribution in [0.3, 0.4) is 0 Å². The fourth-order valence-corrected chi connectivity index (χ4v) is 3.42. The highest BCUT2D eigenvalue weighted by Crippen LogP contribution is 2.27. The van der Waals surface area contributed by atoms with E-state index in [0.717, 1.165) is 10.1 Å². The van der Waals surface area contributed by atoms with Crippen molar-refractivity contribution in [3.63, 3.8) is 0 Å². The van der Waals surface area contributed by atoms with Crippen molar-refractivity contribution in [3.8, 4) is 0 Å². The molecule has 0 bridgehead atoms. The largest absolute Gasteiger partial charge is 0.443 e. The zero-order chi connectivity index (χ0) is 19.5. The van der Waals surface area contributed by atoms with Gasteiger partial charge < -0.3 is 9.14 Å². The minimum Gasteiger partial charge on any atom is -0.443 e.